The molecule has 3 aromatic rings. The third-order valence-corrected chi connectivity index (χ3v) is 8.72. The lowest BCUT2D eigenvalue weighted by atomic mass is 9.92. The zero-order valence-electron chi connectivity index (χ0n) is 26.5. The van der Waals surface area contributed by atoms with Crippen LogP contribution in [0.3, 0.4) is 0 Å². The highest BCUT2D eigenvalue weighted by atomic mass is 19.1. The third-order valence-electron chi connectivity index (χ3n) is 8.72. The molecule has 2 aromatic heterocycles. The van der Waals surface area contributed by atoms with Crippen molar-refractivity contribution in [2.24, 2.45) is 0 Å². The molecule has 4 heterocycles. The lowest BCUT2D eigenvalue weighted by Gasteiger charge is -2.35. The van der Waals surface area contributed by atoms with Crippen molar-refractivity contribution in [2.45, 2.75) is 82.9 Å². The number of rotatable bonds is 7. The van der Waals surface area contributed by atoms with E-state index in [9.17, 15) is 14.0 Å². The number of alkyl carbamates (subject to hydrolysis) is 1. The number of hydrogen-bond acceptors (Lipinski definition) is 10. The number of halogens is 1. The number of carbonyl (C=O) groups is 2. The first-order chi connectivity index (χ1) is 21.4. The maximum atomic E-state index is 15.0. The van der Waals surface area contributed by atoms with Gasteiger partial charge in [0.15, 0.2) is 5.82 Å². The second-order valence-electron chi connectivity index (χ2n) is 13.4. The topological polar surface area (TPSA) is 130 Å². The molecule has 12 nitrogen and oxygen atoms in total. The maximum Gasteiger partial charge on any atom is 0.407 e. The summed E-state index contributed by atoms with van der Waals surface area (Å²) in [6.45, 7) is 9.47. The molecule has 2 atom stereocenters. The van der Waals surface area contributed by atoms with Crippen LogP contribution in [0.5, 0.6) is 0 Å². The molecular weight excluding hydrogens is 579 g/mol. The molecule has 3 fully saturated rings. The summed E-state index contributed by atoms with van der Waals surface area (Å²) in [6, 6.07) is 5.16. The normalized spacial score (nSPS) is 20.8. The number of carbonyl (C=O) groups excluding carboxylic acids is 2. The quantitative estimate of drug-likeness (QED) is 0.405. The fourth-order valence-electron chi connectivity index (χ4n) is 6.11. The van der Waals surface area contributed by atoms with Gasteiger partial charge in [0.2, 0.25) is 5.95 Å². The van der Waals surface area contributed by atoms with Gasteiger partial charge in [-0.25, -0.2) is 19.2 Å². The molecule has 1 aromatic carbocycles. The van der Waals surface area contributed by atoms with Crippen molar-refractivity contribution in [1.29, 1.82) is 0 Å². The molecule has 2 amide bonds. The molecule has 0 spiro atoms. The van der Waals surface area contributed by atoms with Crippen LogP contribution < -0.4 is 15.1 Å². The highest BCUT2D eigenvalue weighted by molar-refractivity contribution is 5.93. The highest BCUT2D eigenvalue weighted by Gasteiger charge is 2.39. The zero-order valence-corrected chi connectivity index (χ0v) is 26.5. The Kier molecular flexibility index (Phi) is 8.36. The molecule has 240 valence electrons. The second-order valence-corrected chi connectivity index (χ2v) is 13.4. The van der Waals surface area contributed by atoms with E-state index >= 15 is 0 Å². The molecule has 0 bridgehead atoms. The largest absolute Gasteiger partial charge is 0.444 e. The van der Waals surface area contributed by atoms with E-state index in [0.29, 0.717) is 42.1 Å². The van der Waals surface area contributed by atoms with Crippen LogP contribution in [-0.4, -0.2) is 87.9 Å². The van der Waals surface area contributed by atoms with Crippen molar-refractivity contribution in [3.63, 3.8) is 0 Å². The van der Waals surface area contributed by atoms with Crippen LogP contribution in [-0.2, 0) is 4.74 Å². The summed E-state index contributed by atoms with van der Waals surface area (Å²) < 4.78 is 26.0. The Morgan fingerprint density at radius 2 is 1.78 bits per heavy atom. The van der Waals surface area contributed by atoms with E-state index in [2.05, 4.69) is 30.3 Å². The Balaban J connectivity index is 1.10. The van der Waals surface area contributed by atoms with Gasteiger partial charge in [0.05, 0.1) is 11.6 Å². The predicted octanol–water partition coefficient (Wildman–Crippen LogP) is 4.42. The lowest BCUT2D eigenvalue weighted by molar-refractivity contribution is 0.0504. The van der Waals surface area contributed by atoms with E-state index in [0.717, 1.165) is 50.2 Å². The number of nitrogens with one attached hydrogen (secondary N) is 1. The number of piperidine rings is 1. The summed E-state index contributed by atoms with van der Waals surface area (Å²) in [7, 11) is 1.81. The molecule has 0 unspecified atom stereocenters. The molecule has 2 saturated heterocycles. The Labute approximate surface area is 262 Å². The average Bonchev–Trinajstić information content (AvgIpc) is 3.59. The van der Waals surface area contributed by atoms with E-state index in [1.165, 1.54) is 18.5 Å². The van der Waals surface area contributed by atoms with Crippen LogP contribution in [0.15, 0.2) is 35.1 Å². The zero-order chi connectivity index (χ0) is 31.9. The number of benzene rings is 1. The van der Waals surface area contributed by atoms with E-state index in [1.807, 2.05) is 24.9 Å². The average molecular weight is 621 g/mol. The van der Waals surface area contributed by atoms with E-state index in [4.69, 9.17) is 9.26 Å². The Morgan fingerprint density at radius 3 is 2.44 bits per heavy atom. The third kappa shape index (κ3) is 7.02. The summed E-state index contributed by atoms with van der Waals surface area (Å²) in [6.07, 6.45) is 6.30. The van der Waals surface area contributed by atoms with Gasteiger partial charge in [0.25, 0.3) is 5.91 Å². The Bertz CT molecular complexity index is 1530. The first kappa shape index (κ1) is 30.7. The number of nitrogens with zero attached hydrogens (tertiary/aromatic N) is 7. The van der Waals surface area contributed by atoms with Crippen LogP contribution in [0.25, 0.3) is 0 Å². The number of aryl methyl sites for hydroxylation is 1. The Morgan fingerprint density at radius 1 is 1.07 bits per heavy atom. The molecule has 1 aliphatic carbocycles. The maximum absolute atomic E-state index is 15.0. The van der Waals surface area contributed by atoms with Gasteiger partial charge in [-0.05, 0) is 65.0 Å². The van der Waals surface area contributed by atoms with Crippen molar-refractivity contribution in [2.75, 3.05) is 43.0 Å². The van der Waals surface area contributed by atoms with Gasteiger partial charge in [-0.15, -0.1) is 0 Å². The van der Waals surface area contributed by atoms with E-state index < -0.39 is 17.7 Å². The molecule has 1 saturated carbocycles. The monoisotopic (exact) mass is 620 g/mol. The summed E-state index contributed by atoms with van der Waals surface area (Å²) in [4.78, 5) is 45.4. The van der Waals surface area contributed by atoms with Crippen molar-refractivity contribution in [1.82, 2.24) is 30.3 Å². The first-order valence-electron chi connectivity index (χ1n) is 15.6. The van der Waals surface area contributed by atoms with E-state index in [-0.39, 0.29) is 23.7 Å². The molecule has 1 N–H and O–H groups in total. The number of anilines is 2. The predicted molar refractivity (Wildman–Crippen MR) is 165 cm³/mol. The standard InChI is InChI=1S/C32H41FN8O4/c1-19-6-9-25(33)23(14-19)24-17-41(18-26(24)36-31(43)44-32(2,3)4)29-34-15-21(16-35-29)28(42)39(5)22-10-12-40(13-11-22)30-37-27(38-45-30)20-7-8-20/h6,9,14-16,20,22,24,26H,7-8,10-13,17-18H2,1-5H3,(H,36,43)/t24-,26+/m1/s1. The van der Waals surface area contributed by atoms with Gasteiger partial charge in [-0.3, -0.25) is 4.79 Å². The summed E-state index contributed by atoms with van der Waals surface area (Å²) >= 11 is 0. The van der Waals surface area contributed by atoms with Crippen molar-refractivity contribution in [3.05, 3.63) is 58.9 Å². The van der Waals surface area contributed by atoms with Gasteiger partial charge in [-0.1, -0.05) is 22.9 Å². The minimum Gasteiger partial charge on any atom is -0.444 e. The molecule has 0 radical (unpaired) electrons. The van der Waals surface area contributed by atoms with Gasteiger partial charge in [0, 0.05) is 63.5 Å². The molecule has 2 aliphatic heterocycles. The van der Waals surface area contributed by atoms with Crippen molar-refractivity contribution >= 4 is 24.0 Å². The molecule has 6 rings (SSSR count). The molecular formula is C32H41FN8O4. The Hall–Kier alpha value is -4.29. The van der Waals surface area contributed by atoms with Crippen LogP contribution in [0.4, 0.5) is 21.1 Å². The van der Waals surface area contributed by atoms with Crippen LogP contribution in [0.1, 0.15) is 85.6 Å². The summed E-state index contributed by atoms with van der Waals surface area (Å²) in [5, 5.41) is 7.05. The number of hydrogen-bond donors (Lipinski definition) is 1. The number of amides is 2. The van der Waals surface area contributed by atoms with Gasteiger partial charge < -0.3 is 29.3 Å². The van der Waals surface area contributed by atoms with Crippen molar-refractivity contribution < 1.29 is 23.2 Å². The number of aromatic nitrogens is 4. The second kappa shape index (κ2) is 12.2. The lowest BCUT2D eigenvalue weighted by Crippen LogP contribution is -2.45. The highest BCUT2D eigenvalue weighted by Crippen LogP contribution is 2.39. The summed E-state index contributed by atoms with van der Waals surface area (Å²) in [5.74, 6) is 0.796. The summed E-state index contributed by atoms with van der Waals surface area (Å²) in [5.41, 5.74) is 1.15. The van der Waals surface area contributed by atoms with Crippen LogP contribution in [0, 0.1) is 12.7 Å². The van der Waals surface area contributed by atoms with E-state index in [1.54, 1.807) is 31.7 Å². The number of ether oxygens (including phenoxy) is 1. The molecule has 45 heavy (non-hydrogen) atoms. The minimum absolute atomic E-state index is 0.0579. The molecule has 3 aliphatic rings. The van der Waals surface area contributed by atoms with Crippen LogP contribution in [0.2, 0.25) is 0 Å². The first-order valence-corrected chi connectivity index (χ1v) is 15.6. The van der Waals surface area contributed by atoms with Gasteiger partial charge in [-0.2, -0.15) is 4.98 Å². The minimum atomic E-state index is -0.671. The van der Waals surface area contributed by atoms with Crippen molar-refractivity contribution in [3.8, 4) is 0 Å². The van der Waals surface area contributed by atoms with Gasteiger partial charge in [0.1, 0.15) is 11.4 Å². The SMILES string of the molecule is Cc1ccc(F)c([C@H]2CN(c3ncc(C(=O)N(C)C4CCN(c5nc(C6CC6)no5)CC4)cn3)C[C@@H]2NC(=O)OC(C)(C)C)c1. The van der Waals surface area contributed by atoms with Crippen LogP contribution >= 0.6 is 0 Å². The fourth-order valence-corrected chi connectivity index (χ4v) is 6.11. The van der Waals surface area contributed by atoms with Gasteiger partial charge >= 0.3 is 12.1 Å². The fraction of sp³-hybridized carbons (Fsp3) is 0.562. The molecule has 13 heteroatoms. The smallest absolute Gasteiger partial charge is 0.407 e.